The van der Waals surface area contributed by atoms with Crippen LogP contribution in [0.25, 0.3) is 0 Å². The molecule has 0 atom stereocenters. The molecular weight excluding hydrogens is 256 g/mol. The van der Waals surface area contributed by atoms with Crippen molar-refractivity contribution in [2.24, 2.45) is 0 Å². The van der Waals surface area contributed by atoms with Crippen molar-refractivity contribution in [2.45, 2.75) is 6.92 Å². The van der Waals surface area contributed by atoms with Gasteiger partial charge in [0, 0.05) is 17.2 Å². The molecule has 0 fully saturated rings. The van der Waals surface area contributed by atoms with E-state index < -0.39 is 5.97 Å². The Balaban J connectivity index is 2.35. The molecule has 0 aliphatic carbocycles. The van der Waals surface area contributed by atoms with Gasteiger partial charge in [0.05, 0.1) is 5.69 Å². The molecule has 2 rings (SSSR count). The molecular formula is C12H9ClN2O3. The second-order valence-corrected chi connectivity index (χ2v) is 4.00. The third kappa shape index (κ3) is 2.75. The molecule has 6 heteroatoms. The molecule has 18 heavy (non-hydrogen) atoms. The Kier molecular flexibility index (Phi) is 3.43. The van der Waals surface area contributed by atoms with E-state index in [4.69, 9.17) is 21.4 Å². The Bertz CT molecular complexity index is 584. The molecule has 5 nitrogen and oxygen atoms in total. The third-order valence-corrected chi connectivity index (χ3v) is 2.40. The Morgan fingerprint density at radius 2 is 2.06 bits per heavy atom. The summed E-state index contributed by atoms with van der Waals surface area (Å²) in [4.78, 5) is 11.0. The molecule has 0 radical (unpaired) electrons. The van der Waals surface area contributed by atoms with E-state index in [0.29, 0.717) is 5.02 Å². The monoisotopic (exact) mass is 264 g/mol. The molecule has 92 valence electrons. The lowest BCUT2D eigenvalue weighted by atomic mass is 10.2. The van der Waals surface area contributed by atoms with Crippen LogP contribution in [-0.2, 0) is 0 Å². The second kappa shape index (κ2) is 5.01. The summed E-state index contributed by atoms with van der Waals surface area (Å²) in [5.41, 5.74) is 0.758. The van der Waals surface area contributed by atoms with E-state index in [1.165, 1.54) is 18.2 Å². The van der Waals surface area contributed by atoms with Gasteiger partial charge in [0.1, 0.15) is 11.3 Å². The molecule has 0 spiro atoms. The maximum atomic E-state index is 11.0. The van der Waals surface area contributed by atoms with Gasteiger partial charge in [-0.05, 0) is 25.1 Å². The van der Waals surface area contributed by atoms with Gasteiger partial charge in [-0.25, -0.2) is 4.79 Å². The number of hydrogen-bond donors (Lipinski definition) is 1. The standard InChI is InChI=1S/C12H9ClN2O3/c1-7-2-5-11(15-14-7)18-10-6-8(13)3-4-9(10)12(16)17/h2-6H,1H3,(H,16,17). The first kappa shape index (κ1) is 12.3. The molecule has 0 amide bonds. The van der Waals surface area contributed by atoms with Crippen molar-refractivity contribution in [3.63, 3.8) is 0 Å². The molecule has 2 aromatic rings. The summed E-state index contributed by atoms with van der Waals surface area (Å²) in [6.07, 6.45) is 0. The normalized spacial score (nSPS) is 10.1. The van der Waals surface area contributed by atoms with Gasteiger partial charge in [-0.2, -0.15) is 5.10 Å². The topological polar surface area (TPSA) is 72.3 Å². The molecule has 1 aromatic carbocycles. The fourth-order valence-electron chi connectivity index (χ4n) is 1.31. The molecule has 0 unspecified atom stereocenters. The smallest absolute Gasteiger partial charge is 0.339 e. The van der Waals surface area contributed by atoms with Crippen LogP contribution in [-0.4, -0.2) is 21.3 Å². The molecule has 0 aliphatic heterocycles. The Morgan fingerprint density at radius 1 is 1.28 bits per heavy atom. The molecule has 0 saturated carbocycles. The van der Waals surface area contributed by atoms with Crippen molar-refractivity contribution in [1.82, 2.24) is 10.2 Å². The van der Waals surface area contributed by atoms with Crippen LogP contribution in [0.1, 0.15) is 16.1 Å². The van der Waals surface area contributed by atoms with Gasteiger partial charge < -0.3 is 9.84 Å². The van der Waals surface area contributed by atoms with Gasteiger partial charge >= 0.3 is 5.97 Å². The minimum atomic E-state index is -1.10. The largest absolute Gasteiger partial charge is 0.478 e. The number of rotatable bonds is 3. The quantitative estimate of drug-likeness (QED) is 0.923. The van der Waals surface area contributed by atoms with Crippen molar-refractivity contribution >= 4 is 17.6 Å². The van der Waals surface area contributed by atoms with Crippen LogP contribution >= 0.6 is 11.6 Å². The van der Waals surface area contributed by atoms with Crippen LogP contribution in [0.5, 0.6) is 11.6 Å². The summed E-state index contributed by atoms with van der Waals surface area (Å²) in [5, 5.41) is 17.0. The number of aryl methyl sites for hydroxylation is 1. The van der Waals surface area contributed by atoms with Crippen LogP contribution in [0.3, 0.4) is 0 Å². The maximum Gasteiger partial charge on any atom is 0.339 e. The highest BCUT2D eigenvalue weighted by Crippen LogP contribution is 2.27. The fourth-order valence-corrected chi connectivity index (χ4v) is 1.47. The van der Waals surface area contributed by atoms with Gasteiger partial charge in [0.25, 0.3) is 0 Å². The lowest BCUT2D eigenvalue weighted by molar-refractivity contribution is 0.0694. The highest BCUT2D eigenvalue weighted by Gasteiger charge is 2.13. The van der Waals surface area contributed by atoms with Gasteiger partial charge in [0.2, 0.25) is 5.88 Å². The highest BCUT2D eigenvalue weighted by atomic mass is 35.5. The summed E-state index contributed by atoms with van der Waals surface area (Å²) < 4.78 is 5.37. The van der Waals surface area contributed by atoms with E-state index in [9.17, 15) is 4.79 Å². The lowest BCUT2D eigenvalue weighted by Crippen LogP contribution is -2.01. The van der Waals surface area contributed by atoms with Gasteiger partial charge in [-0.3, -0.25) is 0 Å². The Labute approximate surface area is 108 Å². The summed E-state index contributed by atoms with van der Waals surface area (Å²) in [6.45, 7) is 1.79. The highest BCUT2D eigenvalue weighted by molar-refractivity contribution is 6.30. The van der Waals surface area contributed by atoms with E-state index in [-0.39, 0.29) is 17.2 Å². The average molecular weight is 265 g/mol. The second-order valence-electron chi connectivity index (χ2n) is 3.56. The average Bonchev–Trinajstić information content (AvgIpc) is 2.32. The summed E-state index contributed by atoms with van der Waals surface area (Å²) in [5.74, 6) is -0.750. The van der Waals surface area contributed by atoms with E-state index in [1.807, 2.05) is 0 Å². The van der Waals surface area contributed by atoms with E-state index in [0.717, 1.165) is 5.69 Å². The van der Waals surface area contributed by atoms with Crippen LogP contribution in [0.2, 0.25) is 5.02 Å². The number of hydrogen-bond acceptors (Lipinski definition) is 4. The fraction of sp³-hybridized carbons (Fsp3) is 0.0833. The van der Waals surface area contributed by atoms with Crippen LogP contribution in [0.4, 0.5) is 0 Å². The van der Waals surface area contributed by atoms with Crippen LogP contribution < -0.4 is 4.74 Å². The van der Waals surface area contributed by atoms with E-state index in [2.05, 4.69) is 10.2 Å². The number of ether oxygens (including phenoxy) is 1. The molecule has 0 bridgehead atoms. The first-order valence-corrected chi connectivity index (χ1v) is 5.45. The van der Waals surface area contributed by atoms with Gasteiger partial charge in [-0.1, -0.05) is 11.6 Å². The number of halogens is 1. The SMILES string of the molecule is Cc1ccc(Oc2cc(Cl)ccc2C(=O)O)nn1. The number of benzene rings is 1. The molecule has 1 aromatic heterocycles. The third-order valence-electron chi connectivity index (χ3n) is 2.16. The zero-order valence-corrected chi connectivity index (χ0v) is 10.2. The minimum Gasteiger partial charge on any atom is -0.478 e. The number of carboxylic acid groups (broad SMARTS) is 1. The number of carboxylic acids is 1. The summed E-state index contributed by atoms with van der Waals surface area (Å²) in [7, 11) is 0. The van der Waals surface area contributed by atoms with Crippen molar-refractivity contribution in [3.8, 4) is 11.6 Å². The van der Waals surface area contributed by atoms with Crippen molar-refractivity contribution in [1.29, 1.82) is 0 Å². The predicted molar refractivity (Wildman–Crippen MR) is 65.3 cm³/mol. The molecule has 0 saturated heterocycles. The van der Waals surface area contributed by atoms with Gasteiger partial charge in [-0.15, -0.1) is 5.10 Å². The summed E-state index contributed by atoms with van der Waals surface area (Å²) >= 11 is 5.80. The first-order valence-electron chi connectivity index (χ1n) is 5.07. The van der Waals surface area contributed by atoms with E-state index >= 15 is 0 Å². The molecule has 1 N–H and O–H groups in total. The van der Waals surface area contributed by atoms with Crippen LogP contribution in [0, 0.1) is 6.92 Å². The first-order chi connectivity index (χ1) is 8.56. The zero-order chi connectivity index (χ0) is 13.1. The lowest BCUT2D eigenvalue weighted by Gasteiger charge is -2.07. The van der Waals surface area contributed by atoms with Crippen LogP contribution in [0.15, 0.2) is 30.3 Å². The predicted octanol–water partition coefficient (Wildman–Crippen LogP) is 2.93. The summed E-state index contributed by atoms with van der Waals surface area (Å²) in [6, 6.07) is 7.61. The van der Waals surface area contributed by atoms with Crippen molar-refractivity contribution < 1.29 is 14.6 Å². The van der Waals surface area contributed by atoms with Crippen molar-refractivity contribution in [2.75, 3.05) is 0 Å². The molecule has 1 heterocycles. The number of carbonyl (C=O) groups is 1. The maximum absolute atomic E-state index is 11.0. The molecule has 0 aliphatic rings. The number of aromatic carboxylic acids is 1. The number of aromatic nitrogens is 2. The Morgan fingerprint density at radius 3 is 2.67 bits per heavy atom. The minimum absolute atomic E-state index is 0.0155. The zero-order valence-electron chi connectivity index (χ0n) is 9.42. The Hall–Kier alpha value is -2.14. The van der Waals surface area contributed by atoms with Gasteiger partial charge in [0.15, 0.2) is 0 Å². The van der Waals surface area contributed by atoms with E-state index in [1.54, 1.807) is 19.1 Å². The van der Waals surface area contributed by atoms with Crippen molar-refractivity contribution in [3.05, 3.63) is 46.6 Å². The number of nitrogens with zero attached hydrogens (tertiary/aromatic N) is 2.